The third-order valence-corrected chi connectivity index (χ3v) is 3.23. The first-order valence-corrected chi connectivity index (χ1v) is 8.16. The second-order valence-electron chi connectivity index (χ2n) is 4.34. The zero-order valence-electron chi connectivity index (χ0n) is 11.4. The highest BCUT2D eigenvalue weighted by atomic mass is 32.2. The molecule has 0 aliphatic carbocycles. The van der Waals surface area contributed by atoms with E-state index in [-0.39, 0.29) is 6.10 Å². The first kappa shape index (κ1) is 17.2. The van der Waals surface area contributed by atoms with Crippen molar-refractivity contribution in [3.63, 3.8) is 0 Å². The van der Waals surface area contributed by atoms with Gasteiger partial charge in [-0.25, -0.2) is 0 Å². The first-order valence-electron chi connectivity index (χ1n) is 6.76. The van der Waals surface area contributed by atoms with Gasteiger partial charge in [0.1, 0.15) is 0 Å². The molecule has 0 amide bonds. The van der Waals surface area contributed by atoms with E-state index in [1.54, 1.807) is 0 Å². The van der Waals surface area contributed by atoms with Crippen molar-refractivity contribution in [2.24, 2.45) is 0 Å². The molecule has 0 aromatic carbocycles. The fraction of sp³-hybridized carbons (Fsp3) is 1.00. The van der Waals surface area contributed by atoms with Gasteiger partial charge in [-0.15, -0.1) is 0 Å². The Bertz CT molecular complexity index is 147. The first-order chi connectivity index (χ1) is 8.31. The minimum absolute atomic E-state index is 0.363. The van der Waals surface area contributed by atoms with E-state index in [0.29, 0.717) is 13.2 Å². The molecule has 1 unspecified atom stereocenters. The van der Waals surface area contributed by atoms with Crippen LogP contribution in [0.4, 0.5) is 0 Å². The highest BCUT2D eigenvalue weighted by molar-refractivity contribution is 7.98. The fourth-order valence-corrected chi connectivity index (χ4v) is 1.96. The Morgan fingerprint density at radius 1 is 1.24 bits per heavy atom. The summed E-state index contributed by atoms with van der Waals surface area (Å²) in [7, 11) is 0. The molecule has 0 aliphatic heterocycles. The van der Waals surface area contributed by atoms with E-state index in [1.165, 1.54) is 25.0 Å². The fourth-order valence-electron chi connectivity index (χ4n) is 1.47. The van der Waals surface area contributed by atoms with Crippen LogP contribution in [-0.2, 0) is 4.74 Å². The molecule has 17 heavy (non-hydrogen) atoms. The van der Waals surface area contributed by atoms with Crippen LogP contribution < -0.4 is 5.32 Å². The van der Waals surface area contributed by atoms with Crippen LogP contribution in [-0.4, -0.2) is 49.5 Å². The third-order valence-electron chi connectivity index (χ3n) is 2.53. The normalized spacial score (nSPS) is 12.9. The molecule has 0 aliphatic rings. The highest BCUT2D eigenvalue weighted by Gasteiger charge is 2.02. The Morgan fingerprint density at radius 2 is 2.06 bits per heavy atom. The summed E-state index contributed by atoms with van der Waals surface area (Å²) in [5, 5.41) is 12.9. The van der Waals surface area contributed by atoms with Crippen molar-refractivity contribution in [1.29, 1.82) is 0 Å². The van der Waals surface area contributed by atoms with Crippen molar-refractivity contribution < 1.29 is 9.84 Å². The Labute approximate surface area is 111 Å². The van der Waals surface area contributed by atoms with Crippen molar-refractivity contribution in [2.75, 3.05) is 38.3 Å². The zero-order chi connectivity index (χ0) is 12.8. The van der Waals surface area contributed by atoms with E-state index in [4.69, 9.17) is 4.74 Å². The van der Waals surface area contributed by atoms with E-state index < -0.39 is 0 Å². The highest BCUT2D eigenvalue weighted by Crippen LogP contribution is 2.01. The van der Waals surface area contributed by atoms with E-state index in [2.05, 4.69) is 18.5 Å². The average molecular weight is 263 g/mol. The van der Waals surface area contributed by atoms with Crippen molar-refractivity contribution in [2.45, 2.75) is 45.1 Å². The summed E-state index contributed by atoms with van der Waals surface area (Å²) >= 11 is 1.91. The molecule has 0 saturated carbocycles. The number of rotatable bonds is 13. The molecule has 0 fully saturated rings. The van der Waals surface area contributed by atoms with Gasteiger partial charge in [0.2, 0.25) is 0 Å². The Hall–Kier alpha value is 0.230. The zero-order valence-corrected chi connectivity index (χ0v) is 12.2. The SMILES string of the molecule is CCCCOCC(O)CNCCCCCSC. The average Bonchev–Trinajstić information content (AvgIpc) is 2.33. The van der Waals surface area contributed by atoms with Crippen LogP contribution in [0.5, 0.6) is 0 Å². The van der Waals surface area contributed by atoms with Gasteiger partial charge in [0.05, 0.1) is 12.7 Å². The summed E-state index contributed by atoms with van der Waals surface area (Å²) in [5.41, 5.74) is 0. The summed E-state index contributed by atoms with van der Waals surface area (Å²) in [6, 6.07) is 0. The topological polar surface area (TPSA) is 41.5 Å². The molecule has 0 bridgehead atoms. The molecule has 0 rings (SSSR count). The summed E-state index contributed by atoms with van der Waals surface area (Å²) in [6.07, 6.45) is 7.78. The van der Waals surface area contributed by atoms with Gasteiger partial charge in [-0.05, 0) is 37.8 Å². The van der Waals surface area contributed by atoms with Crippen molar-refractivity contribution in [1.82, 2.24) is 5.32 Å². The molecule has 0 aromatic heterocycles. The summed E-state index contributed by atoms with van der Waals surface area (Å²) in [5.74, 6) is 1.26. The monoisotopic (exact) mass is 263 g/mol. The lowest BCUT2D eigenvalue weighted by Crippen LogP contribution is -2.31. The minimum Gasteiger partial charge on any atom is -0.389 e. The lowest BCUT2D eigenvalue weighted by Gasteiger charge is -2.12. The second-order valence-corrected chi connectivity index (χ2v) is 5.33. The van der Waals surface area contributed by atoms with Gasteiger partial charge in [-0.3, -0.25) is 0 Å². The number of aliphatic hydroxyl groups excluding tert-OH is 1. The van der Waals surface area contributed by atoms with Crippen LogP contribution in [0.2, 0.25) is 0 Å². The summed E-state index contributed by atoms with van der Waals surface area (Å²) in [4.78, 5) is 0. The van der Waals surface area contributed by atoms with Crippen LogP contribution in [0.15, 0.2) is 0 Å². The quantitative estimate of drug-likeness (QED) is 0.500. The second kappa shape index (κ2) is 14.3. The molecule has 0 saturated heterocycles. The smallest absolute Gasteiger partial charge is 0.0897 e. The number of hydrogen-bond donors (Lipinski definition) is 2. The van der Waals surface area contributed by atoms with Gasteiger partial charge in [0.25, 0.3) is 0 Å². The van der Waals surface area contributed by atoms with Gasteiger partial charge in [0, 0.05) is 13.2 Å². The number of ether oxygens (including phenoxy) is 1. The van der Waals surface area contributed by atoms with Gasteiger partial charge < -0.3 is 15.2 Å². The van der Waals surface area contributed by atoms with Gasteiger partial charge in [-0.1, -0.05) is 19.8 Å². The molecule has 104 valence electrons. The van der Waals surface area contributed by atoms with Gasteiger partial charge in [-0.2, -0.15) is 11.8 Å². The van der Waals surface area contributed by atoms with Crippen LogP contribution >= 0.6 is 11.8 Å². The molecule has 1 atom stereocenters. The summed E-state index contributed by atoms with van der Waals surface area (Å²) in [6.45, 7) is 5.01. The Morgan fingerprint density at radius 3 is 2.76 bits per heavy atom. The predicted molar refractivity (Wildman–Crippen MR) is 76.8 cm³/mol. The number of thioether (sulfide) groups is 1. The van der Waals surface area contributed by atoms with E-state index in [9.17, 15) is 5.11 Å². The molecule has 0 aromatic rings. The van der Waals surface area contributed by atoms with Crippen LogP contribution in [0.25, 0.3) is 0 Å². The number of hydrogen-bond acceptors (Lipinski definition) is 4. The van der Waals surface area contributed by atoms with Gasteiger partial charge >= 0.3 is 0 Å². The van der Waals surface area contributed by atoms with Gasteiger partial charge in [0.15, 0.2) is 0 Å². The lowest BCUT2D eigenvalue weighted by atomic mass is 10.2. The maximum absolute atomic E-state index is 9.60. The molecule has 3 nitrogen and oxygen atoms in total. The van der Waals surface area contributed by atoms with E-state index >= 15 is 0 Å². The number of aliphatic hydroxyl groups is 1. The van der Waals surface area contributed by atoms with Crippen molar-refractivity contribution in [3.8, 4) is 0 Å². The molecule has 0 heterocycles. The van der Waals surface area contributed by atoms with Crippen LogP contribution in [0, 0.1) is 0 Å². The number of unbranched alkanes of at least 4 members (excludes halogenated alkanes) is 3. The van der Waals surface area contributed by atoms with Crippen molar-refractivity contribution >= 4 is 11.8 Å². The minimum atomic E-state index is -0.363. The van der Waals surface area contributed by atoms with Crippen LogP contribution in [0.1, 0.15) is 39.0 Å². The molecule has 0 spiro atoms. The molecule has 0 radical (unpaired) electrons. The largest absolute Gasteiger partial charge is 0.389 e. The molecule has 4 heteroatoms. The Balaban J connectivity index is 3.08. The summed E-state index contributed by atoms with van der Waals surface area (Å²) < 4.78 is 5.35. The predicted octanol–water partition coefficient (Wildman–Crippen LogP) is 2.29. The number of nitrogens with one attached hydrogen (secondary N) is 1. The third kappa shape index (κ3) is 14.2. The standard InChI is InChI=1S/C13H29NO2S/c1-3-4-9-16-12-13(15)11-14-8-6-5-7-10-17-2/h13-15H,3-12H2,1-2H3. The lowest BCUT2D eigenvalue weighted by molar-refractivity contribution is 0.0360. The van der Waals surface area contributed by atoms with Crippen LogP contribution in [0.3, 0.4) is 0 Å². The maximum atomic E-state index is 9.60. The molecule has 2 N–H and O–H groups in total. The van der Waals surface area contributed by atoms with E-state index in [1.807, 2.05) is 11.8 Å². The van der Waals surface area contributed by atoms with Crippen molar-refractivity contribution in [3.05, 3.63) is 0 Å². The maximum Gasteiger partial charge on any atom is 0.0897 e. The molecular formula is C13H29NO2S. The van der Waals surface area contributed by atoms with E-state index in [0.717, 1.165) is 26.0 Å². The Kier molecular flexibility index (Phi) is 14.5. The molecular weight excluding hydrogens is 234 g/mol.